The van der Waals surface area contributed by atoms with Crippen molar-refractivity contribution in [3.05, 3.63) is 0 Å². The zero-order chi connectivity index (χ0) is 24.3. The van der Waals surface area contributed by atoms with Crippen molar-refractivity contribution < 1.29 is 19.7 Å². The molecule has 13 atom stereocenters. The summed E-state index contributed by atoms with van der Waals surface area (Å²) in [4.78, 5) is 0. The van der Waals surface area contributed by atoms with Crippen LogP contribution in [0, 0.1) is 63.6 Å². The summed E-state index contributed by atoms with van der Waals surface area (Å²) in [5.41, 5.74) is 0.866. The van der Waals surface area contributed by atoms with E-state index >= 15 is 0 Å². The molecule has 13 unspecified atom stereocenters. The second-order valence-corrected chi connectivity index (χ2v) is 13.1. The Morgan fingerprint density at radius 1 is 0.818 bits per heavy atom. The number of aliphatic hydroxyl groups is 2. The first-order valence-corrected chi connectivity index (χ1v) is 13.9. The van der Waals surface area contributed by atoms with Crippen LogP contribution in [0.15, 0.2) is 0 Å². The lowest BCUT2D eigenvalue weighted by Gasteiger charge is -2.53. The summed E-state index contributed by atoms with van der Waals surface area (Å²) in [6, 6.07) is 0. The Kier molecular flexibility index (Phi) is 7.11. The van der Waals surface area contributed by atoms with Gasteiger partial charge in [-0.3, -0.25) is 0 Å². The van der Waals surface area contributed by atoms with Crippen molar-refractivity contribution >= 4 is 0 Å². The minimum atomic E-state index is 0.147. The van der Waals surface area contributed by atoms with Crippen LogP contribution in [0.1, 0.15) is 80.1 Å². The minimum Gasteiger partial charge on any atom is -0.396 e. The fourth-order valence-corrected chi connectivity index (χ4v) is 10.7. The summed E-state index contributed by atoms with van der Waals surface area (Å²) < 4.78 is 12.2. The molecule has 4 aliphatic carbocycles. The average molecular weight is 465 g/mol. The monoisotopic (exact) mass is 464 g/mol. The molecule has 1 spiro atoms. The first-order valence-electron chi connectivity index (χ1n) is 13.9. The van der Waals surface area contributed by atoms with E-state index in [9.17, 15) is 10.2 Å². The summed E-state index contributed by atoms with van der Waals surface area (Å²) >= 11 is 0. The molecule has 192 valence electrons. The normalized spacial score (nSPS) is 56.2. The maximum absolute atomic E-state index is 10.3. The zero-order valence-electron chi connectivity index (χ0n) is 22.6. The van der Waals surface area contributed by atoms with Gasteiger partial charge in [-0.2, -0.15) is 0 Å². The van der Waals surface area contributed by atoms with Gasteiger partial charge in [0.15, 0.2) is 0 Å². The third-order valence-electron chi connectivity index (χ3n) is 12.8. The van der Waals surface area contributed by atoms with Gasteiger partial charge in [0.2, 0.25) is 0 Å². The predicted molar refractivity (Wildman–Crippen MR) is 133 cm³/mol. The van der Waals surface area contributed by atoms with E-state index < -0.39 is 0 Å². The fourth-order valence-electron chi connectivity index (χ4n) is 10.7. The van der Waals surface area contributed by atoms with Gasteiger partial charge >= 0.3 is 0 Å². The van der Waals surface area contributed by atoms with Crippen molar-refractivity contribution in [1.82, 2.24) is 0 Å². The van der Waals surface area contributed by atoms with Gasteiger partial charge in [0, 0.05) is 27.4 Å². The fraction of sp³-hybridized carbons (Fsp3) is 1.00. The van der Waals surface area contributed by atoms with Gasteiger partial charge in [0.1, 0.15) is 0 Å². The molecule has 4 heteroatoms. The number of hydrogen-bond acceptors (Lipinski definition) is 4. The first kappa shape index (κ1) is 25.9. The summed E-state index contributed by atoms with van der Waals surface area (Å²) in [7, 11) is 3.74. The quantitative estimate of drug-likeness (QED) is 0.552. The second kappa shape index (κ2) is 9.05. The Labute approximate surface area is 203 Å². The molecule has 0 aliphatic heterocycles. The standard InChI is InChI=1S/C29H52O4/c1-9-27(5)16-29(22-12-20(15-31)19(14-30)11-21(22)27)18(4)28(6,10-2)23-13-24(32-7)26(33-8)17(3)25(23)29/h17-26,30-31H,9-16H2,1-8H3. The smallest absolute Gasteiger partial charge is 0.0861 e. The van der Waals surface area contributed by atoms with Crippen LogP contribution < -0.4 is 0 Å². The molecule has 4 saturated carbocycles. The van der Waals surface area contributed by atoms with Crippen molar-refractivity contribution in [2.75, 3.05) is 27.4 Å². The van der Waals surface area contributed by atoms with E-state index in [2.05, 4.69) is 41.5 Å². The second-order valence-electron chi connectivity index (χ2n) is 13.1. The van der Waals surface area contributed by atoms with Crippen LogP contribution in [-0.4, -0.2) is 49.9 Å². The average Bonchev–Trinajstić information content (AvgIpc) is 3.19. The van der Waals surface area contributed by atoms with Gasteiger partial charge < -0.3 is 19.7 Å². The number of ether oxygens (including phenoxy) is 2. The molecule has 0 aromatic rings. The molecule has 4 rings (SSSR count). The molecule has 4 nitrogen and oxygen atoms in total. The SMILES string of the molecule is CCC1(C)CC2(C3CC(CO)C(CO)CC31)C1C(C)C(OC)C(OC)CC1C(C)(CC)C2C. The molecular weight excluding hydrogens is 412 g/mol. The number of methoxy groups -OCH3 is 2. The Hall–Kier alpha value is -0.160. The maximum atomic E-state index is 10.3. The van der Waals surface area contributed by atoms with Crippen LogP contribution in [0.5, 0.6) is 0 Å². The predicted octanol–water partition coefficient (Wildman–Crippen LogP) is 5.40. The molecule has 0 heterocycles. The van der Waals surface area contributed by atoms with Crippen LogP contribution in [0.3, 0.4) is 0 Å². The topological polar surface area (TPSA) is 58.9 Å². The van der Waals surface area contributed by atoms with Crippen molar-refractivity contribution in [2.45, 2.75) is 92.3 Å². The van der Waals surface area contributed by atoms with Gasteiger partial charge in [-0.1, -0.05) is 54.4 Å². The largest absolute Gasteiger partial charge is 0.396 e. The first-order chi connectivity index (χ1) is 15.6. The van der Waals surface area contributed by atoms with E-state index in [1.165, 1.54) is 19.3 Å². The van der Waals surface area contributed by atoms with Gasteiger partial charge in [-0.05, 0) is 89.3 Å². The molecule has 0 saturated heterocycles. The summed E-state index contributed by atoms with van der Waals surface area (Å²) in [5, 5.41) is 20.5. The van der Waals surface area contributed by atoms with Crippen molar-refractivity contribution in [3.8, 4) is 0 Å². The molecule has 0 radical (unpaired) electrons. The molecule has 4 fully saturated rings. The molecule has 4 aliphatic rings. The molecular formula is C29H52O4. The lowest BCUT2D eigenvalue weighted by atomic mass is 9.53. The number of aliphatic hydroxyl groups excluding tert-OH is 2. The third kappa shape index (κ3) is 3.36. The minimum absolute atomic E-state index is 0.147. The van der Waals surface area contributed by atoms with Crippen LogP contribution >= 0.6 is 0 Å². The van der Waals surface area contributed by atoms with Crippen LogP contribution in [-0.2, 0) is 9.47 Å². The Morgan fingerprint density at radius 3 is 1.91 bits per heavy atom. The highest BCUT2D eigenvalue weighted by Gasteiger charge is 2.74. The van der Waals surface area contributed by atoms with Crippen LogP contribution in [0.2, 0.25) is 0 Å². The number of rotatable bonds is 6. The molecule has 0 aromatic carbocycles. The third-order valence-corrected chi connectivity index (χ3v) is 12.8. The molecule has 2 N–H and O–H groups in total. The van der Waals surface area contributed by atoms with Gasteiger partial charge in [0.05, 0.1) is 12.2 Å². The van der Waals surface area contributed by atoms with Crippen LogP contribution in [0.4, 0.5) is 0 Å². The Balaban J connectivity index is 1.87. The summed E-state index contributed by atoms with van der Waals surface area (Å²) in [6.45, 7) is 15.4. The van der Waals surface area contributed by atoms with E-state index in [1.54, 1.807) is 0 Å². The van der Waals surface area contributed by atoms with Crippen molar-refractivity contribution in [1.29, 1.82) is 0 Å². The Bertz CT molecular complexity index is 697. The van der Waals surface area contributed by atoms with E-state index in [0.717, 1.165) is 19.3 Å². The van der Waals surface area contributed by atoms with E-state index in [0.29, 0.717) is 46.3 Å². The maximum Gasteiger partial charge on any atom is 0.0861 e. The van der Waals surface area contributed by atoms with E-state index in [-0.39, 0.29) is 42.7 Å². The Morgan fingerprint density at radius 2 is 1.42 bits per heavy atom. The van der Waals surface area contributed by atoms with E-state index in [1.807, 2.05) is 14.2 Å². The summed E-state index contributed by atoms with van der Waals surface area (Å²) in [5.74, 6) is 4.09. The molecule has 0 aromatic heterocycles. The zero-order valence-corrected chi connectivity index (χ0v) is 22.6. The lowest BCUT2D eigenvalue weighted by molar-refractivity contribution is -0.144. The van der Waals surface area contributed by atoms with Gasteiger partial charge in [-0.15, -0.1) is 0 Å². The number of hydrogen-bond donors (Lipinski definition) is 2. The van der Waals surface area contributed by atoms with Gasteiger partial charge in [-0.25, -0.2) is 0 Å². The van der Waals surface area contributed by atoms with Crippen molar-refractivity contribution in [2.24, 2.45) is 63.6 Å². The number of fused-ring (bicyclic) bond motifs is 4. The molecule has 0 bridgehead atoms. The summed E-state index contributed by atoms with van der Waals surface area (Å²) in [6.07, 6.45) is 7.27. The highest BCUT2D eigenvalue weighted by molar-refractivity contribution is 5.22. The highest BCUT2D eigenvalue weighted by Crippen LogP contribution is 2.79. The van der Waals surface area contributed by atoms with Crippen LogP contribution in [0.25, 0.3) is 0 Å². The highest BCUT2D eigenvalue weighted by atomic mass is 16.5. The lowest BCUT2D eigenvalue weighted by Crippen LogP contribution is -2.53. The van der Waals surface area contributed by atoms with Crippen molar-refractivity contribution in [3.63, 3.8) is 0 Å². The van der Waals surface area contributed by atoms with E-state index in [4.69, 9.17) is 9.47 Å². The molecule has 0 amide bonds. The van der Waals surface area contributed by atoms with Gasteiger partial charge in [0.25, 0.3) is 0 Å². The molecule has 33 heavy (non-hydrogen) atoms.